The highest BCUT2D eigenvalue weighted by atomic mass is 79.9. The van der Waals surface area contributed by atoms with Crippen LogP contribution in [-0.4, -0.2) is 19.7 Å². The van der Waals surface area contributed by atoms with Gasteiger partial charge in [0.25, 0.3) is 0 Å². The van der Waals surface area contributed by atoms with E-state index in [2.05, 4.69) is 60.2 Å². The summed E-state index contributed by atoms with van der Waals surface area (Å²) < 4.78 is 6.96. The Morgan fingerprint density at radius 3 is 2.72 bits per heavy atom. The topological polar surface area (TPSA) is 21.3 Å². The van der Waals surface area contributed by atoms with E-state index in [1.54, 1.807) is 0 Å². The first kappa shape index (κ1) is 13.9. The summed E-state index contributed by atoms with van der Waals surface area (Å²) >= 11 is 3.61. The van der Waals surface area contributed by atoms with Gasteiger partial charge in [-0.15, -0.1) is 0 Å². The summed E-state index contributed by atoms with van der Waals surface area (Å²) in [4.78, 5) is 0. The lowest BCUT2D eigenvalue weighted by molar-refractivity contribution is 0.258. The molecule has 1 aliphatic rings. The van der Waals surface area contributed by atoms with Gasteiger partial charge < -0.3 is 10.1 Å². The van der Waals surface area contributed by atoms with Crippen molar-refractivity contribution in [2.45, 2.75) is 32.6 Å². The highest BCUT2D eigenvalue weighted by molar-refractivity contribution is 9.10. The normalized spacial score (nSPS) is 20.1. The van der Waals surface area contributed by atoms with E-state index in [1.165, 1.54) is 12.0 Å². The first-order valence-electron chi connectivity index (χ1n) is 6.60. The zero-order chi connectivity index (χ0) is 13.2. The lowest BCUT2D eigenvalue weighted by atomic mass is 9.87. The molecular weight excluding hydrogens is 290 g/mol. The van der Waals surface area contributed by atoms with Gasteiger partial charge >= 0.3 is 0 Å². The van der Waals surface area contributed by atoms with E-state index in [9.17, 15) is 0 Å². The van der Waals surface area contributed by atoms with Crippen molar-refractivity contribution in [2.24, 2.45) is 5.92 Å². The van der Waals surface area contributed by atoms with E-state index in [0.717, 1.165) is 29.9 Å². The largest absolute Gasteiger partial charge is 0.492 e. The van der Waals surface area contributed by atoms with Gasteiger partial charge in [0.15, 0.2) is 0 Å². The van der Waals surface area contributed by atoms with Crippen LogP contribution in [0.5, 0.6) is 5.75 Å². The summed E-state index contributed by atoms with van der Waals surface area (Å²) in [5.41, 5.74) is 1.50. The Morgan fingerprint density at radius 2 is 2.17 bits per heavy atom. The Labute approximate surface area is 118 Å². The molecule has 0 saturated carbocycles. The molecule has 3 heteroatoms. The van der Waals surface area contributed by atoms with Gasteiger partial charge in [-0.1, -0.05) is 26.8 Å². The average molecular weight is 312 g/mol. The monoisotopic (exact) mass is 311 g/mol. The lowest BCUT2D eigenvalue weighted by Gasteiger charge is -2.20. The van der Waals surface area contributed by atoms with Gasteiger partial charge in [0, 0.05) is 12.5 Å². The highest BCUT2D eigenvalue weighted by Crippen LogP contribution is 2.31. The number of hydrogen-bond donors (Lipinski definition) is 1. The molecule has 0 radical (unpaired) electrons. The molecular formula is C15H22BrNO. The number of rotatable bonds is 3. The SMILES string of the molecule is CC(C)(C)c1ccc(OC[C@@H]2CCNC2)c(Br)c1. The molecule has 2 rings (SSSR count). The van der Waals surface area contributed by atoms with Crippen LogP contribution in [0.1, 0.15) is 32.8 Å². The van der Waals surface area contributed by atoms with Crippen LogP contribution < -0.4 is 10.1 Å². The summed E-state index contributed by atoms with van der Waals surface area (Å²) in [5, 5.41) is 3.36. The molecule has 1 saturated heterocycles. The summed E-state index contributed by atoms with van der Waals surface area (Å²) in [6.07, 6.45) is 1.22. The van der Waals surface area contributed by atoms with Gasteiger partial charge in [0.2, 0.25) is 0 Å². The number of benzene rings is 1. The first-order chi connectivity index (χ1) is 8.47. The minimum Gasteiger partial charge on any atom is -0.492 e. The molecule has 0 unspecified atom stereocenters. The molecule has 1 heterocycles. The van der Waals surface area contributed by atoms with Crippen molar-refractivity contribution in [2.75, 3.05) is 19.7 Å². The quantitative estimate of drug-likeness (QED) is 0.918. The van der Waals surface area contributed by atoms with Crippen molar-refractivity contribution in [3.8, 4) is 5.75 Å². The lowest BCUT2D eigenvalue weighted by Crippen LogP contribution is -2.16. The minimum atomic E-state index is 0.177. The van der Waals surface area contributed by atoms with Crippen molar-refractivity contribution in [1.29, 1.82) is 0 Å². The van der Waals surface area contributed by atoms with Crippen LogP contribution in [0, 0.1) is 5.92 Å². The average Bonchev–Trinajstić information content (AvgIpc) is 2.79. The summed E-state index contributed by atoms with van der Waals surface area (Å²) in [7, 11) is 0. The van der Waals surface area contributed by atoms with Crippen molar-refractivity contribution >= 4 is 15.9 Å². The zero-order valence-corrected chi connectivity index (χ0v) is 13.0. The molecule has 0 bridgehead atoms. The molecule has 18 heavy (non-hydrogen) atoms. The molecule has 0 amide bonds. The standard InChI is InChI=1S/C15H22BrNO/c1-15(2,3)12-4-5-14(13(16)8-12)18-10-11-6-7-17-9-11/h4-5,8,11,17H,6-7,9-10H2,1-3H3/t11-/m1/s1. The molecule has 1 aromatic rings. The van der Waals surface area contributed by atoms with Gasteiger partial charge in [-0.05, 0) is 52.0 Å². The fourth-order valence-electron chi connectivity index (χ4n) is 2.15. The second-order valence-electron chi connectivity index (χ2n) is 6.07. The van der Waals surface area contributed by atoms with Crippen molar-refractivity contribution in [3.63, 3.8) is 0 Å². The third-order valence-corrected chi connectivity index (χ3v) is 4.05. The highest BCUT2D eigenvalue weighted by Gasteiger charge is 2.17. The van der Waals surface area contributed by atoms with E-state index in [1.807, 2.05) is 0 Å². The Morgan fingerprint density at radius 1 is 1.39 bits per heavy atom. The van der Waals surface area contributed by atoms with E-state index in [0.29, 0.717) is 5.92 Å². The summed E-state index contributed by atoms with van der Waals surface area (Å²) in [6, 6.07) is 6.41. The Hall–Kier alpha value is -0.540. The van der Waals surface area contributed by atoms with Crippen LogP contribution >= 0.6 is 15.9 Å². The maximum Gasteiger partial charge on any atom is 0.133 e. The third kappa shape index (κ3) is 3.48. The summed E-state index contributed by atoms with van der Waals surface area (Å²) in [6.45, 7) is 9.68. The Kier molecular flexibility index (Phi) is 4.33. The maximum absolute atomic E-state index is 5.90. The van der Waals surface area contributed by atoms with Crippen molar-refractivity contribution in [1.82, 2.24) is 5.32 Å². The molecule has 1 fully saturated rings. The number of hydrogen-bond acceptors (Lipinski definition) is 2. The van der Waals surface area contributed by atoms with Gasteiger partial charge in [-0.2, -0.15) is 0 Å². The second kappa shape index (κ2) is 5.62. The maximum atomic E-state index is 5.90. The van der Waals surface area contributed by atoms with E-state index in [4.69, 9.17) is 4.74 Å². The van der Waals surface area contributed by atoms with E-state index < -0.39 is 0 Å². The van der Waals surface area contributed by atoms with Crippen molar-refractivity contribution in [3.05, 3.63) is 28.2 Å². The fourth-order valence-corrected chi connectivity index (χ4v) is 2.64. The van der Waals surface area contributed by atoms with Crippen LogP contribution in [0.25, 0.3) is 0 Å². The van der Waals surface area contributed by atoms with Gasteiger partial charge in [0.1, 0.15) is 5.75 Å². The van der Waals surface area contributed by atoms with Crippen LogP contribution in [0.15, 0.2) is 22.7 Å². The van der Waals surface area contributed by atoms with Gasteiger partial charge in [0.05, 0.1) is 11.1 Å². The third-order valence-electron chi connectivity index (χ3n) is 3.43. The predicted octanol–water partition coefficient (Wildman–Crippen LogP) is 3.73. The fraction of sp³-hybridized carbons (Fsp3) is 0.600. The van der Waals surface area contributed by atoms with Crippen molar-refractivity contribution < 1.29 is 4.74 Å². The van der Waals surface area contributed by atoms with Gasteiger partial charge in [-0.3, -0.25) is 0 Å². The molecule has 2 nitrogen and oxygen atoms in total. The summed E-state index contributed by atoms with van der Waals surface area (Å²) in [5.74, 6) is 1.61. The van der Waals surface area contributed by atoms with E-state index in [-0.39, 0.29) is 5.41 Å². The number of halogens is 1. The van der Waals surface area contributed by atoms with Crippen LogP contribution in [0.4, 0.5) is 0 Å². The molecule has 0 spiro atoms. The molecule has 1 aromatic carbocycles. The van der Waals surface area contributed by atoms with Gasteiger partial charge in [-0.25, -0.2) is 0 Å². The zero-order valence-electron chi connectivity index (χ0n) is 11.4. The minimum absolute atomic E-state index is 0.177. The smallest absolute Gasteiger partial charge is 0.133 e. The van der Waals surface area contributed by atoms with E-state index >= 15 is 0 Å². The number of nitrogens with one attached hydrogen (secondary N) is 1. The molecule has 0 aliphatic carbocycles. The van der Waals surface area contributed by atoms with Crippen LogP contribution in [-0.2, 0) is 5.41 Å². The predicted molar refractivity (Wildman–Crippen MR) is 79.3 cm³/mol. The molecule has 1 aliphatic heterocycles. The Bertz CT molecular complexity index is 405. The van der Waals surface area contributed by atoms with Crippen LogP contribution in [0.2, 0.25) is 0 Å². The molecule has 0 aromatic heterocycles. The number of ether oxygens (including phenoxy) is 1. The molecule has 1 atom stereocenters. The molecule has 1 N–H and O–H groups in total. The Balaban J connectivity index is 2.01. The first-order valence-corrected chi connectivity index (χ1v) is 7.39. The second-order valence-corrected chi connectivity index (χ2v) is 6.92. The molecule has 100 valence electrons. The van der Waals surface area contributed by atoms with Crippen LogP contribution in [0.3, 0.4) is 0 Å².